The summed E-state index contributed by atoms with van der Waals surface area (Å²) in [4.78, 5) is 24.6. The Morgan fingerprint density at radius 2 is 2.25 bits per heavy atom. The summed E-state index contributed by atoms with van der Waals surface area (Å²) in [5, 5.41) is 11.6. The van der Waals surface area contributed by atoms with E-state index < -0.39 is 6.10 Å². The second-order valence-electron chi connectivity index (χ2n) is 4.28. The SMILES string of the molecule is C[C@@H](O)CNC(=O)CN1CCCCCC1=O. The average Bonchev–Trinajstić information content (AvgIpc) is 2.42. The second kappa shape index (κ2) is 6.48. The van der Waals surface area contributed by atoms with Crippen molar-refractivity contribution in [2.75, 3.05) is 19.6 Å². The van der Waals surface area contributed by atoms with Gasteiger partial charge in [0.1, 0.15) is 0 Å². The fraction of sp³-hybridized carbons (Fsp3) is 0.818. The van der Waals surface area contributed by atoms with Crippen LogP contribution in [-0.4, -0.2) is 47.6 Å². The first kappa shape index (κ1) is 13.0. The quantitative estimate of drug-likeness (QED) is 0.705. The Bertz CT molecular complexity index is 254. The Balaban J connectivity index is 2.33. The van der Waals surface area contributed by atoms with Gasteiger partial charge in [-0.3, -0.25) is 9.59 Å². The average molecular weight is 228 g/mol. The van der Waals surface area contributed by atoms with Crippen LogP contribution in [0.4, 0.5) is 0 Å². The van der Waals surface area contributed by atoms with Crippen LogP contribution in [0.1, 0.15) is 32.6 Å². The maximum Gasteiger partial charge on any atom is 0.239 e. The number of amides is 2. The number of likely N-dealkylation sites (tertiary alicyclic amines) is 1. The molecule has 2 amide bonds. The number of hydrogen-bond acceptors (Lipinski definition) is 3. The van der Waals surface area contributed by atoms with Crippen LogP contribution in [0.15, 0.2) is 0 Å². The minimum Gasteiger partial charge on any atom is -0.392 e. The van der Waals surface area contributed by atoms with Crippen LogP contribution < -0.4 is 5.32 Å². The summed E-state index contributed by atoms with van der Waals surface area (Å²) in [6.45, 7) is 2.63. The third kappa shape index (κ3) is 4.61. The van der Waals surface area contributed by atoms with Gasteiger partial charge >= 0.3 is 0 Å². The van der Waals surface area contributed by atoms with E-state index in [2.05, 4.69) is 5.32 Å². The van der Waals surface area contributed by atoms with E-state index >= 15 is 0 Å². The highest BCUT2D eigenvalue weighted by atomic mass is 16.3. The lowest BCUT2D eigenvalue weighted by Crippen LogP contribution is -2.42. The van der Waals surface area contributed by atoms with E-state index in [1.165, 1.54) is 0 Å². The molecule has 1 heterocycles. The second-order valence-corrected chi connectivity index (χ2v) is 4.28. The van der Waals surface area contributed by atoms with Crippen molar-refractivity contribution in [3.63, 3.8) is 0 Å². The van der Waals surface area contributed by atoms with Crippen molar-refractivity contribution >= 4 is 11.8 Å². The molecule has 0 bridgehead atoms. The van der Waals surface area contributed by atoms with Gasteiger partial charge in [-0.1, -0.05) is 6.42 Å². The molecule has 92 valence electrons. The number of carbonyl (C=O) groups excluding carboxylic acids is 2. The first-order chi connectivity index (χ1) is 7.59. The van der Waals surface area contributed by atoms with Gasteiger partial charge in [-0.05, 0) is 19.8 Å². The van der Waals surface area contributed by atoms with Crippen molar-refractivity contribution in [2.45, 2.75) is 38.7 Å². The lowest BCUT2D eigenvalue weighted by molar-refractivity contribution is -0.135. The third-order valence-electron chi connectivity index (χ3n) is 2.60. The van der Waals surface area contributed by atoms with Gasteiger partial charge in [-0.25, -0.2) is 0 Å². The molecule has 0 aromatic carbocycles. The largest absolute Gasteiger partial charge is 0.392 e. The molecule has 0 aliphatic carbocycles. The van der Waals surface area contributed by atoms with Crippen LogP contribution in [0.2, 0.25) is 0 Å². The molecule has 16 heavy (non-hydrogen) atoms. The number of hydrogen-bond donors (Lipinski definition) is 2. The van der Waals surface area contributed by atoms with Gasteiger partial charge in [0.15, 0.2) is 0 Å². The van der Waals surface area contributed by atoms with E-state index in [4.69, 9.17) is 5.11 Å². The predicted molar refractivity (Wildman–Crippen MR) is 59.7 cm³/mol. The molecule has 0 aromatic rings. The standard InChI is InChI=1S/C11H20N2O3/c1-9(14)7-12-10(15)8-13-6-4-2-3-5-11(13)16/h9,14H,2-8H2,1H3,(H,12,15)/t9-/m1/s1. The summed E-state index contributed by atoms with van der Waals surface area (Å²) in [5.74, 6) is -0.138. The van der Waals surface area contributed by atoms with Crippen LogP contribution in [0, 0.1) is 0 Å². The van der Waals surface area contributed by atoms with Gasteiger partial charge in [-0.15, -0.1) is 0 Å². The van der Waals surface area contributed by atoms with Crippen LogP contribution in [0.25, 0.3) is 0 Å². The van der Waals surface area contributed by atoms with E-state index in [9.17, 15) is 9.59 Å². The minimum atomic E-state index is -0.552. The third-order valence-corrected chi connectivity index (χ3v) is 2.60. The monoisotopic (exact) mass is 228 g/mol. The fourth-order valence-electron chi connectivity index (χ4n) is 1.70. The molecule has 5 heteroatoms. The van der Waals surface area contributed by atoms with E-state index in [0.29, 0.717) is 13.0 Å². The number of aliphatic hydroxyl groups is 1. The lowest BCUT2D eigenvalue weighted by Gasteiger charge is -2.20. The smallest absolute Gasteiger partial charge is 0.239 e. The summed E-state index contributed by atoms with van der Waals surface area (Å²) in [7, 11) is 0. The number of rotatable bonds is 4. The normalized spacial score (nSPS) is 19.1. The molecule has 5 nitrogen and oxygen atoms in total. The molecule has 0 saturated carbocycles. The van der Waals surface area contributed by atoms with E-state index in [1.807, 2.05) is 0 Å². The Morgan fingerprint density at radius 3 is 2.94 bits per heavy atom. The molecule has 1 fully saturated rings. The molecular formula is C11H20N2O3. The summed E-state index contributed by atoms with van der Waals surface area (Å²) in [6, 6.07) is 0. The summed E-state index contributed by atoms with van der Waals surface area (Å²) >= 11 is 0. The van der Waals surface area contributed by atoms with Crippen LogP contribution in [-0.2, 0) is 9.59 Å². The maximum absolute atomic E-state index is 11.6. The lowest BCUT2D eigenvalue weighted by atomic mass is 10.2. The Kier molecular flexibility index (Phi) is 5.25. The van der Waals surface area contributed by atoms with Gasteiger partial charge in [0.05, 0.1) is 12.6 Å². The molecule has 1 aliphatic heterocycles. The molecule has 0 radical (unpaired) electrons. The number of nitrogens with zero attached hydrogens (tertiary/aromatic N) is 1. The zero-order valence-corrected chi connectivity index (χ0v) is 9.74. The number of carbonyl (C=O) groups is 2. The Labute approximate surface area is 95.8 Å². The van der Waals surface area contributed by atoms with Gasteiger partial charge in [-0.2, -0.15) is 0 Å². The van der Waals surface area contributed by atoms with Gasteiger partial charge in [0.25, 0.3) is 0 Å². The molecule has 1 rings (SSSR count). The zero-order chi connectivity index (χ0) is 12.0. The van der Waals surface area contributed by atoms with Crippen molar-refractivity contribution in [3.8, 4) is 0 Å². The van der Waals surface area contributed by atoms with Crippen molar-refractivity contribution in [1.82, 2.24) is 10.2 Å². The highest BCUT2D eigenvalue weighted by molar-refractivity contribution is 5.84. The molecule has 1 atom stereocenters. The van der Waals surface area contributed by atoms with Crippen LogP contribution >= 0.6 is 0 Å². The van der Waals surface area contributed by atoms with Crippen molar-refractivity contribution < 1.29 is 14.7 Å². The molecule has 0 aromatic heterocycles. The van der Waals surface area contributed by atoms with Gasteiger partial charge < -0.3 is 15.3 Å². The summed E-state index contributed by atoms with van der Waals surface area (Å²) in [5.41, 5.74) is 0. The van der Waals surface area contributed by atoms with Crippen molar-refractivity contribution in [1.29, 1.82) is 0 Å². The fourth-order valence-corrected chi connectivity index (χ4v) is 1.70. The van der Waals surface area contributed by atoms with Gasteiger partial charge in [0, 0.05) is 19.5 Å². The summed E-state index contributed by atoms with van der Waals surface area (Å²) in [6.07, 6.45) is 2.94. The van der Waals surface area contributed by atoms with Crippen molar-refractivity contribution in [3.05, 3.63) is 0 Å². The highest BCUT2D eigenvalue weighted by Gasteiger charge is 2.18. The minimum absolute atomic E-state index is 0.0599. The molecule has 1 aliphatic rings. The first-order valence-corrected chi connectivity index (χ1v) is 5.82. The summed E-state index contributed by atoms with van der Waals surface area (Å²) < 4.78 is 0. The topological polar surface area (TPSA) is 69.6 Å². The Morgan fingerprint density at radius 1 is 1.50 bits per heavy atom. The van der Waals surface area contributed by atoms with E-state index in [0.717, 1.165) is 19.3 Å². The Hall–Kier alpha value is -1.10. The van der Waals surface area contributed by atoms with Gasteiger partial charge in [0.2, 0.25) is 11.8 Å². The highest BCUT2D eigenvalue weighted by Crippen LogP contribution is 2.10. The molecule has 1 saturated heterocycles. The van der Waals surface area contributed by atoms with E-state index in [-0.39, 0.29) is 24.9 Å². The number of aliphatic hydroxyl groups excluding tert-OH is 1. The van der Waals surface area contributed by atoms with E-state index in [1.54, 1.807) is 11.8 Å². The zero-order valence-electron chi connectivity index (χ0n) is 9.74. The first-order valence-electron chi connectivity index (χ1n) is 5.82. The van der Waals surface area contributed by atoms with Crippen LogP contribution in [0.3, 0.4) is 0 Å². The molecular weight excluding hydrogens is 208 g/mol. The van der Waals surface area contributed by atoms with Crippen LogP contribution in [0.5, 0.6) is 0 Å². The molecule has 0 unspecified atom stereocenters. The van der Waals surface area contributed by atoms with Crippen molar-refractivity contribution in [2.24, 2.45) is 0 Å². The molecule has 0 spiro atoms. The maximum atomic E-state index is 11.6. The predicted octanol–water partition coefficient (Wildman–Crippen LogP) is -0.114. The molecule has 2 N–H and O–H groups in total. The number of nitrogens with one attached hydrogen (secondary N) is 1.